The molecule has 2 rings (SSSR count). The summed E-state index contributed by atoms with van der Waals surface area (Å²) in [6, 6.07) is 5.26. The number of anilines is 1. The number of aliphatic hydroxyl groups excluding tert-OH is 1. The van der Waals surface area contributed by atoms with Gasteiger partial charge in [-0.25, -0.2) is 4.98 Å². The third-order valence-electron chi connectivity index (χ3n) is 2.49. The Kier molecular flexibility index (Phi) is 3.78. The molecule has 1 aromatic heterocycles. The summed E-state index contributed by atoms with van der Waals surface area (Å²) in [7, 11) is 1.48. The zero-order chi connectivity index (χ0) is 13.1. The van der Waals surface area contributed by atoms with E-state index >= 15 is 0 Å². The second-order valence-corrected chi connectivity index (χ2v) is 4.54. The summed E-state index contributed by atoms with van der Waals surface area (Å²) in [5.41, 5.74) is 7.23. The van der Waals surface area contributed by atoms with Gasteiger partial charge < -0.3 is 15.6 Å². The molecule has 0 fully saturated rings. The van der Waals surface area contributed by atoms with Gasteiger partial charge in [0.2, 0.25) is 5.88 Å². The van der Waals surface area contributed by atoms with Crippen LogP contribution in [0.25, 0.3) is 0 Å². The highest BCUT2D eigenvalue weighted by Gasteiger charge is 2.20. The van der Waals surface area contributed by atoms with Gasteiger partial charge in [0.05, 0.1) is 7.11 Å². The minimum atomic E-state index is -0.980. The molecule has 0 aliphatic rings. The first-order valence-electron chi connectivity index (χ1n) is 5.21. The van der Waals surface area contributed by atoms with Gasteiger partial charge in [-0.1, -0.05) is 15.9 Å². The molecule has 3 N–H and O–H groups in total. The number of benzene rings is 1. The van der Waals surface area contributed by atoms with Crippen LogP contribution in [0, 0.1) is 0 Å². The Hall–Kier alpha value is -1.66. The number of hydrogen-bond acceptors (Lipinski definition) is 5. The van der Waals surface area contributed by atoms with Gasteiger partial charge in [-0.05, 0) is 18.2 Å². The van der Waals surface area contributed by atoms with E-state index in [1.165, 1.54) is 19.5 Å². The van der Waals surface area contributed by atoms with E-state index in [2.05, 4.69) is 25.9 Å². The lowest BCUT2D eigenvalue weighted by Gasteiger charge is -2.15. The number of rotatable bonds is 3. The lowest BCUT2D eigenvalue weighted by atomic mass is 10.0. The summed E-state index contributed by atoms with van der Waals surface area (Å²) >= 11 is 3.34. The molecule has 1 aromatic carbocycles. The number of nitrogens with two attached hydrogens (primary N) is 1. The van der Waals surface area contributed by atoms with E-state index < -0.39 is 6.10 Å². The SMILES string of the molecule is COc1nccnc1C(O)c1cc(Br)ccc1N. The fourth-order valence-corrected chi connectivity index (χ4v) is 1.99. The summed E-state index contributed by atoms with van der Waals surface area (Å²) in [4.78, 5) is 8.09. The average molecular weight is 310 g/mol. The molecule has 1 atom stereocenters. The molecule has 6 heteroatoms. The average Bonchev–Trinajstić information content (AvgIpc) is 2.40. The monoisotopic (exact) mass is 309 g/mol. The first-order chi connectivity index (χ1) is 8.63. The normalized spacial score (nSPS) is 12.2. The number of halogens is 1. The summed E-state index contributed by atoms with van der Waals surface area (Å²) in [5.74, 6) is 0.282. The molecule has 2 aromatic rings. The van der Waals surface area contributed by atoms with Gasteiger partial charge >= 0.3 is 0 Å². The summed E-state index contributed by atoms with van der Waals surface area (Å²) in [6.45, 7) is 0. The number of hydrogen-bond donors (Lipinski definition) is 2. The van der Waals surface area contributed by atoms with Crippen LogP contribution in [0.3, 0.4) is 0 Å². The van der Waals surface area contributed by atoms with E-state index in [-0.39, 0.29) is 5.88 Å². The van der Waals surface area contributed by atoms with Gasteiger partial charge in [-0.3, -0.25) is 4.98 Å². The first-order valence-corrected chi connectivity index (χ1v) is 6.00. The fourth-order valence-electron chi connectivity index (χ4n) is 1.61. The molecule has 0 saturated carbocycles. The highest BCUT2D eigenvalue weighted by atomic mass is 79.9. The Bertz CT molecular complexity index is 563. The highest BCUT2D eigenvalue weighted by Crippen LogP contribution is 2.31. The van der Waals surface area contributed by atoms with Gasteiger partial charge in [0.15, 0.2) is 0 Å². The third-order valence-corrected chi connectivity index (χ3v) is 2.98. The van der Waals surface area contributed by atoms with Crippen molar-refractivity contribution in [2.45, 2.75) is 6.10 Å². The highest BCUT2D eigenvalue weighted by molar-refractivity contribution is 9.10. The van der Waals surface area contributed by atoms with Crippen molar-refractivity contribution in [3.63, 3.8) is 0 Å². The zero-order valence-electron chi connectivity index (χ0n) is 9.67. The Balaban J connectivity index is 2.47. The maximum absolute atomic E-state index is 10.3. The van der Waals surface area contributed by atoms with Crippen LogP contribution >= 0.6 is 15.9 Å². The smallest absolute Gasteiger partial charge is 0.238 e. The molecule has 5 nitrogen and oxygen atoms in total. The molecule has 0 radical (unpaired) electrons. The fraction of sp³-hybridized carbons (Fsp3) is 0.167. The van der Waals surface area contributed by atoms with E-state index in [1.54, 1.807) is 18.2 Å². The van der Waals surface area contributed by atoms with Crippen LogP contribution in [-0.4, -0.2) is 22.2 Å². The van der Waals surface area contributed by atoms with Gasteiger partial charge in [0, 0.05) is 28.1 Å². The van der Waals surface area contributed by atoms with E-state index in [9.17, 15) is 5.11 Å². The molecule has 0 spiro atoms. The predicted molar refractivity (Wildman–Crippen MR) is 71.2 cm³/mol. The molecule has 18 heavy (non-hydrogen) atoms. The van der Waals surface area contributed by atoms with Crippen molar-refractivity contribution in [1.82, 2.24) is 9.97 Å². The topological polar surface area (TPSA) is 81.3 Å². The quantitative estimate of drug-likeness (QED) is 0.846. The molecule has 1 heterocycles. The zero-order valence-corrected chi connectivity index (χ0v) is 11.3. The van der Waals surface area contributed by atoms with Crippen molar-refractivity contribution in [2.75, 3.05) is 12.8 Å². The van der Waals surface area contributed by atoms with Gasteiger partial charge in [-0.2, -0.15) is 0 Å². The van der Waals surface area contributed by atoms with Crippen LogP contribution < -0.4 is 10.5 Å². The van der Waals surface area contributed by atoms with Crippen molar-refractivity contribution in [2.24, 2.45) is 0 Å². The summed E-state index contributed by atoms with van der Waals surface area (Å²) in [5, 5.41) is 10.3. The maximum atomic E-state index is 10.3. The van der Waals surface area contributed by atoms with Crippen LogP contribution in [0.4, 0.5) is 5.69 Å². The number of aromatic nitrogens is 2. The minimum absolute atomic E-state index is 0.282. The van der Waals surface area contributed by atoms with E-state index in [1.807, 2.05) is 0 Å². The molecular formula is C12H12BrN3O2. The van der Waals surface area contributed by atoms with Gasteiger partial charge in [-0.15, -0.1) is 0 Å². The van der Waals surface area contributed by atoms with Crippen LogP contribution in [0.2, 0.25) is 0 Å². The Morgan fingerprint density at radius 3 is 2.78 bits per heavy atom. The van der Waals surface area contributed by atoms with Crippen LogP contribution in [-0.2, 0) is 0 Å². The predicted octanol–water partition coefficient (Wildman–Crippen LogP) is 1.91. The van der Waals surface area contributed by atoms with E-state index in [0.717, 1.165) is 4.47 Å². The molecule has 0 amide bonds. The maximum Gasteiger partial charge on any atom is 0.238 e. The molecule has 0 saturated heterocycles. The number of nitrogen functional groups attached to an aromatic ring is 1. The lowest BCUT2D eigenvalue weighted by Crippen LogP contribution is -2.08. The first kappa shape index (κ1) is 12.8. The van der Waals surface area contributed by atoms with Crippen molar-refractivity contribution in [3.05, 3.63) is 46.3 Å². The second kappa shape index (κ2) is 5.32. The number of nitrogens with zero attached hydrogens (tertiary/aromatic N) is 2. The van der Waals surface area contributed by atoms with Crippen LogP contribution in [0.5, 0.6) is 5.88 Å². The number of methoxy groups -OCH3 is 1. The Labute approximate surface area is 113 Å². The Morgan fingerprint density at radius 2 is 2.06 bits per heavy atom. The molecular weight excluding hydrogens is 298 g/mol. The number of aliphatic hydroxyl groups is 1. The lowest BCUT2D eigenvalue weighted by molar-refractivity contribution is 0.208. The third kappa shape index (κ3) is 2.44. The van der Waals surface area contributed by atoms with Crippen molar-refractivity contribution in [3.8, 4) is 5.88 Å². The summed E-state index contributed by atoms with van der Waals surface area (Å²) < 4.78 is 5.90. The number of ether oxygens (including phenoxy) is 1. The summed E-state index contributed by atoms with van der Waals surface area (Å²) in [6.07, 6.45) is 2.01. The second-order valence-electron chi connectivity index (χ2n) is 3.63. The van der Waals surface area contributed by atoms with Crippen LogP contribution in [0.15, 0.2) is 35.1 Å². The molecule has 0 aliphatic carbocycles. The van der Waals surface area contributed by atoms with Gasteiger partial charge in [0.25, 0.3) is 0 Å². The van der Waals surface area contributed by atoms with Crippen molar-refractivity contribution in [1.29, 1.82) is 0 Å². The molecule has 0 aliphatic heterocycles. The van der Waals surface area contributed by atoms with Crippen LogP contribution in [0.1, 0.15) is 17.4 Å². The Morgan fingerprint density at radius 1 is 1.33 bits per heavy atom. The minimum Gasteiger partial charge on any atom is -0.480 e. The van der Waals surface area contributed by atoms with Gasteiger partial charge in [0.1, 0.15) is 11.8 Å². The molecule has 1 unspecified atom stereocenters. The van der Waals surface area contributed by atoms with Crippen molar-refractivity contribution < 1.29 is 9.84 Å². The van der Waals surface area contributed by atoms with E-state index in [4.69, 9.17) is 10.5 Å². The molecule has 0 bridgehead atoms. The molecule has 94 valence electrons. The van der Waals surface area contributed by atoms with Crippen molar-refractivity contribution >= 4 is 21.6 Å². The van der Waals surface area contributed by atoms with E-state index in [0.29, 0.717) is 16.9 Å². The largest absolute Gasteiger partial charge is 0.480 e. The standard InChI is InChI=1S/C12H12BrN3O2/c1-18-12-10(15-4-5-16-12)11(17)8-6-7(13)2-3-9(8)14/h2-6,11,17H,14H2,1H3.